The number of para-hydroxylation sites is 1. The lowest BCUT2D eigenvalue weighted by atomic mass is 9.97. The molecule has 3 nitrogen and oxygen atoms in total. The zero-order valence-electron chi connectivity index (χ0n) is 11.4. The maximum absolute atomic E-state index is 11.9. The second-order valence-electron chi connectivity index (χ2n) is 5.89. The summed E-state index contributed by atoms with van der Waals surface area (Å²) < 4.78 is 1.68. The van der Waals surface area contributed by atoms with Gasteiger partial charge >= 0.3 is 0 Å². The number of pyridine rings is 1. The van der Waals surface area contributed by atoms with Crippen LogP contribution in [0.15, 0.2) is 35.1 Å². The fourth-order valence-corrected chi connectivity index (χ4v) is 1.92. The summed E-state index contributed by atoms with van der Waals surface area (Å²) in [7, 11) is 1.80. The second-order valence-corrected chi connectivity index (χ2v) is 5.89. The van der Waals surface area contributed by atoms with Crippen LogP contribution >= 0.6 is 0 Å². The van der Waals surface area contributed by atoms with Crippen LogP contribution in [0, 0.1) is 5.41 Å². The first-order valence-corrected chi connectivity index (χ1v) is 6.21. The topological polar surface area (TPSA) is 34.0 Å². The molecule has 0 fully saturated rings. The van der Waals surface area contributed by atoms with Gasteiger partial charge in [-0.25, -0.2) is 0 Å². The molecular formula is C15H20N2O. The fraction of sp³-hybridized carbons (Fsp3) is 0.400. The van der Waals surface area contributed by atoms with Crippen molar-refractivity contribution in [1.82, 2.24) is 4.57 Å². The molecule has 0 atom stereocenters. The Kier molecular flexibility index (Phi) is 3.16. The Morgan fingerprint density at radius 3 is 2.56 bits per heavy atom. The van der Waals surface area contributed by atoms with E-state index in [1.54, 1.807) is 17.7 Å². The minimum atomic E-state index is 0.0186. The Morgan fingerprint density at radius 1 is 1.22 bits per heavy atom. The fourth-order valence-electron chi connectivity index (χ4n) is 1.92. The van der Waals surface area contributed by atoms with E-state index >= 15 is 0 Å². The van der Waals surface area contributed by atoms with Gasteiger partial charge in [-0.05, 0) is 11.5 Å². The quantitative estimate of drug-likeness (QED) is 0.881. The molecule has 0 radical (unpaired) electrons. The number of rotatable bonds is 2. The molecule has 1 N–H and O–H groups in total. The summed E-state index contributed by atoms with van der Waals surface area (Å²) in [5, 5.41) is 4.47. The Morgan fingerprint density at radius 2 is 1.89 bits per heavy atom. The van der Waals surface area contributed by atoms with Crippen LogP contribution < -0.4 is 10.9 Å². The lowest BCUT2D eigenvalue weighted by Crippen LogP contribution is -2.22. The lowest BCUT2D eigenvalue weighted by molar-refractivity contribution is 0.443. The minimum Gasteiger partial charge on any atom is -0.384 e. The van der Waals surface area contributed by atoms with Crippen LogP contribution in [0.2, 0.25) is 0 Å². The van der Waals surface area contributed by atoms with Crippen molar-refractivity contribution in [2.45, 2.75) is 20.8 Å². The normalized spacial score (nSPS) is 11.8. The summed E-state index contributed by atoms with van der Waals surface area (Å²) in [6, 6.07) is 9.64. The lowest BCUT2D eigenvalue weighted by Gasteiger charge is -2.20. The van der Waals surface area contributed by atoms with E-state index in [-0.39, 0.29) is 11.0 Å². The molecule has 2 rings (SSSR count). The van der Waals surface area contributed by atoms with Gasteiger partial charge in [0.05, 0.1) is 5.52 Å². The summed E-state index contributed by atoms with van der Waals surface area (Å²) >= 11 is 0. The summed E-state index contributed by atoms with van der Waals surface area (Å²) in [6.45, 7) is 7.35. The number of nitrogens with one attached hydrogen (secondary N) is 1. The average molecular weight is 244 g/mol. The van der Waals surface area contributed by atoms with E-state index in [0.717, 1.165) is 23.1 Å². The van der Waals surface area contributed by atoms with Gasteiger partial charge in [0.2, 0.25) is 0 Å². The third-order valence-electron chi connectivity index (χ3n) is 2.96. The Bertz CT molecular complexity index is 620. The van der Waals surface area contributed by atoms with Gasteiger partial charge in [-0.2, -0.15) is 0 Å². The highest BCUT2D eigenvalue weighted by Crippen LogP contribution is 2.22. The van der Waals surface area contributed by atoms with Crippen molar-refractivity contribution in [1.29, 1.82) is 0 Å². The third kappa shape index (κ3) is 2.55. The van der Waals surface area contributed by atoms with Crippen molar-refractivity contribution in [3.05, 3.63) is 40.7 Å². The van der Waals surface area contributed by atoms with Crippen LogP contribution in [-0.4, -0.2) is 11.1 Å². The first-order valence-electron chi connectivity index (χ1n) is 6.21. The van der Waals surface area contributed by atoms with Gasteiger partial charge in [0, 0.05) is 30.7 Å². The van der Waals surface area contributed by atoms with E-state index in [1.165, 1.54) is 0 Å². The minimum absolute atomic E-state index is 0.0186. The second kappa shape index (κ2) is 4.48. The molecule has 0 saturated heterocycles. The highest BCUT2D eigenvalue weighted by molar-refractivity contribution is 5.91. The molecule has 0 saturated carbocycles. The molecule has 0 amide bonds. The molecule has 0 aliphatic rings. The van der Waals surface area contributed by atoms with Crippen LogP contribution in [0.3, 0.4) is 0 Å². The summed E-state index contributed by atoms with van der Waals surface area (Å²) in [4.78, 5) is 11.9. The molecule has 3 heteroatoms. The monoisotopic (exact) mass is 244 g/mol. The molecule has 1 aromatic carbocycles. The molecule has 18 heavy (non-hydrogen) atoms. The van der Waals surface area contributed by atoms with Crippen LogP contribution in [0.5, 0.6) is 0 Å². The first-order chi connectivity index (χ1) is 8.38. The molecule has 2 aromatic rings. The summed E-state index contributed by atoms with van der Waals surface area (Å²) in [6.07, 6.45) is 0. The van der Waals surface area contributed by atoms with Crippen LogP contribution in [-0.2, 0) is 7.05 Å². The van der Waals surface area contributed by atoms with Crippen LogP contribution in [0.25, 0.3) is 10.9 Å². The van der Waals surface area contributed by atoms with Gasteiger partial charge in [0.1, 0.15) is 0 Å². The van der Waals surface area contributed by atoms with E-state index in [1.807, 2.05) is 24.3 Å². The molecule has 1 heterocycles. The number of hydrogen-bond donors (Lipinski definition) is 1. The van der Waals surface area contributed by atoms with E-state index in [9.17, 15) is 4.79 Å². The SMILES string of the molecule is Cn1c(=O)cc(NCC(C)(C)C)c2ccccc21. The van der Waals surface area contributed by atoms with E-state index < -0.39 is 0 Å². The highest BCUT2D eigenvalue weighted by atomic mass is 16.1. The van der Waals surface area contributed by atoms with Gasteiger partial charge in [-0.3, -0.25) is 4.79 Å². The Labute approximate surface area is 107 Å². The van der Waals surface area contributed by atoms with Gasteiger partial charge in [0.25, 0.3) is 5.56 Å². The van der Waals surface area contributed by atoms with Crippen molar-refractivity contribution in [3.8, 4) is 0 Å². The molecule has 0 bridgehead atoms. The van der Waals surface area contributed by atoms with Gasteiger partial charge in [-0.15, -0.1) is 0 Å². The molecule has 0 unspecified atom stereocenters. The van der Waals surface area contributed by atoms with Gasteiger partial charge in [0.15, 0.2) is 0 Å². The largest absolute Gasteiger partial charge is 0.384 e. The van der Waals surface area contributed by atoms with Crippen molar-refractivity contribution < 1.29 is 0 Å². The molecular weight excluding hydrogens is 224 g/mol. The standard InChI is InChI=1S/C15H20N2O/c1-15(2,3)10-16-12-9-14(18)17(4)13-8-6-5-7-11(12)13/h5-9,16H,10H2,1-4H3. The predicted molar refractivity (Wildman–Crippen MR) is 77.1 cm³/mol. The van der Waals surface area contributed by atoms with E-state index in [2.05, 4.69) is 26.1 Å². The zero-order chi connectivity index (χ0) is 13.3. The highest BCUT2D eigenvalue weighted by Gasteiger charge is 2.11. The van der Waals surface area contributed by atoms with Crippen LogP contribution in [0.1, 0.15) is 20.8 Å². The third-order valence-corrected chi connectivity index (χ3v) is 2.96. The molecule has 0 aliphatic carbocycles. The smallest absolute Gasteiger partial charge is 0.252 e. The number of aromatic nitrogens is 1. The number of aryl methyl sites for hydroxylation is 1. The maximum Gasteiger partial charge on any atom is 0.252 e. The zero-order valence-corrected chi connectivity index (χ0v) is 11.4. The van der Waals surface area contributed by atoms with Crippen LogP contribution in [0.4, 0.5) is 5.69 Å². The predicted octanol–water partition coefficient (Wildman–Crippen LogP) is 3.00. The number of nitrogens with zero attached hydrogens (tertiary/aromatic N) is 1. The summed E-state index contributed by atoms with van der Waals surface area (Å²) in [5.41, 5.74) is 2.08. The number of benzene rings is 1. The Hall–Kier alpha value is -1.77. The maximum atomic E-state index is 11.9. The molecule has 0 spiro atoms. The van der Waals surface area contributed by atoms with Crippen molar-refractivity contribution in [2.24, 2.45) is 12.5 Å². The molecule has 1 aromatic heterocycles. The van der Waals surface area contributed by atoms with Gasteiger partial charge < -0.3 is 9.88 Å². The first kappa shape index (κ1) is 12.7. The van der Waals surface area contributed by atoms with E-state index in [0.29, 0.717) is 0 Å². The molecule has 0 aliphatic heterocycles. The number of fused-ring (bicyclic) bond motifs is 1. The van der Waals surface area contributed by atoms with E-state index in [4.69, 9.17) is 0 Å². The van der Waals surface area contributed by atoms with Gasteiger partial charge in [-0.1, -0.05) is 39.0 Å². The average Bonchev–Trinajstić information content (AvgIpc) is 2.31. The Balaban J connectivity index is 2.51. The molecule has 96 valence electrons. The van der Waals surface area contributed by atoms with Crippen molar-refractivity contribution in [3.63, 3.8) is 0 Å². The van der Waals surface area contributed by atoms with Crippen molar-refractivity contribution in [2.75, 3.05) is 11.9 Å². The number of hydrogen-bond acceptors (Lipinski definition) is 2. The van der Waals surface area contributed by atoms with Crippen molar-refractivity contribution >= 4 is 16.6 Å². The number of anilines is 1. The summed E-state index contributed by atoms with van der Waals surface area (Å²) in [5.74, 6) is 0.